The summed E-state index contributed by atoms with van der Waals surface area (Å²) in [5.74, 6) is 0.489. The Bertz CT molecular complexity index is 1470. The standard InChI is InChI=1S/C29H28FN5O4/c1-37-26-12-9-21(13-28(26)38-2)33-16-18-3-5-19(6-4-18)29(36)35-25-15-27(23(30)14-24(25)32)39-22-10-7-20(8-11-22)34-17-31/h3-15,17,33H,16,32H2,1-2H3,(H2,31,34)(H,35,36). The molecule has 1 amide bonds. The van der Waals surface area contributed by atoms with Gasteiger partial charge in [0.25, 0.3) is 5.91 Å². The number of carbonyl (C=O) groups excluding carboxylic acids is 1. The number of benzene rings is 4. The first kappa shape index (κ1) is 26.8. The van der Waals surface area contributed by atoms with E-state index in [-0.39, 0.29) is 17.1 Å². The van der Waals surface area contributed by atoms with Crippen molar-refractivity contribution in [1.29, 1.82) is 0 Å². The summed E-state index contributed by atoms with van der Waals surface area (Å²) >= 11 is 0. The Balaban J connectivity index is 1.40. The molecular weight excluding hydrogens is 501 g/mol. The second-order valence-electron chi connectivity index (χ2n) is 8.32. The Hall–Kier alpha value is -5.25. The Morgan fingerprint density at radius 1 is 0.923 bits per heavy atom. The number of carbonyl (C=O) groups is 1. The van der Waals surface area contributed by atoms with Crippen molar-refractivity contribution < 1.29 is 23.4 Å². The van der Waals surface area contributed by atoms with Crippen molar-refractivity contribution in [2.75, 3.05) is 30.6 Å². The molecule has 0 saturated heterocycles. The molecule has 0 aliphatic heterocycles. The van der Waals surface area contributed by atoms with Crippen LogP contribution >= 0.6 is 0 Å². The van der Waals surface area contributed by atoms with Crippen LogP contribution in [0.25, 0.3) is 0 Å². The number of halogens is 1. The van der Waals surface area contributed by atoms with Gasteiger partial charge in [-0.15, -0.1) is 0 Å². The van der Waals surface area contributed by atoms with Crippen LogP contribution in [0.3, 0.4) is 0 Å². The Kier molecular flexibility index (Phi) is 8.47. The van der Waals surface area contributed by atoms with Gasteiger partial charge in [0, 0.05) is 36.0 Å². The van der Waals surface area contributed by atoms with Crippen LogP contribution in [0.15, 0.2) is 83.9 Å². The predicted molar refractivity (Wildman–Crippen MR) is 151 cm³/mol. The fraction of sp³-hybridized carbons (Fsp3) is 0.103. The zero-order chi connectivity index (χ0) is 27.8. The van der Waals surface area contributed by atoms with Crippen molar-refractivity contribution in [3.8, 4) is 23.0 Å². The summed E-state index contributed by atoms with van der Waals surface area (Å²) in [6, 6.07) is 21.7. The summed E-state index contributed by atoms with van der Waals surface area (Å²) in [5.41, 5.74) is 14.4. The summed E-state index contributed by atoms with van der Waals surface area (Å²) in [6.45, 7) is 0.530. The lowest BCUT2D eigenvalue weighted by atomic mass is 10.1. The van der Waals surface area contributed by atoms with Crippen LogP contribution in [0.4, 0.5) is 27.1 Å². The molecule has 0 unspecified atom stereocenters. The van der Waals surface area contributed by atoms with E-state index in [4.69, 9.17) is 25.7 Å². The fourth-order valence-corrected chi connectivity index (χ4v) is 3.69. The highest BCUT2D eigenvalue weighted by atomic mass is 19.1. The normalized spacial score (nSPS) is 10.7. The number of methoxy groups -OCH3 is 2. The highest BCUT2D eigenvalue weighted by Crippen LogP contribution is 2.33. The third-order valence-electron chi connectivity index (χ3n) is 5.74. The van der Waals surface area contributed by atoms with Crippen LogP contribution in [0.5, 0.6) is 23.0 Å². The Labute approximate surface area is 225 Å². The number of rotatable bonds is 10. The van der Waals surface area contributed by atoms with E-state index in [9.17, 15) is 9.18 Å². The Morgan fingerprint density at radius 3 is 2.31 bits per heavy atom. The first-order valence-electron chi connectivity index (χ1n) is 11.9. The lowest BCUT2D eigenvalue weighted by molar-refractivity contribution is 0.102. The summed E-state index contributed by atoms with van der Waals surface area (Å²) in [6.07, 6.45) is 1.18. The van der Waals surface area contributed by atoms with Crippen LogP contribution in [0.2, 0.25) is 0 Å². The average molecular weight is 530 g/mol. The van der Waals surface area contributed by atoms with Crippen molar-refractivity contribution >= 4 is 35.0 Å². The number of nitrogens with two attached hydrogens (primary N) is 2. The molecule has 0 fully saturated rings. The van der Waals surface area contributed by atoms with Gasteiger partial charge in [0.1, 0.15) is 5.75 Å². The van der Waals surface area contributed by atoms with E-state index in [2.05, 4.69) is 15.6 Å². The molecule has 0 aliphatic rings. The second kappa shape index (κ2) is 12.3. The lowest BCUT2D eigenvalue weighted by Crippen LogP contribution is -2.13. The zero-order valence-electron chi connectivity index (χ0n) is 21.4. The maximum absolute atomic E-state index is 14.5. The van der Waals surface area contributed by atoms with Crippen molar-refractivity contribution in [1.82, 2.24) is 0 Å². The van der Waals surface area contributed by atoms with Crippen molar-refractivity contribution in [3.63, 3.8) is 0 Å². The number of aliphatic imine (C=N–C) groups is 1. The minimum absolute atomic E-state index is 0.0663. The van der Waals surface area contributed by atoms with Gasteiger partial charge in [-0.1, -0.05) is 12.1 Å². The third-order valence-corrected chi connectivity index (χ3v) is 5.74. The van der Waals surface area contributed by atoms with Crippen molar-refractivity contribution in [2.24, 2.45) is 10.7 Å². The van der Waals surface area contributed by atoms with E-state index in [1.54, 1.807) is 50.6 Å². The minimum atomic E-state index is -0.666. The van der Waals surface area contributed by atoms with Gasteiger partial charge in [0.05, 0.1) is 37.6 Å². The van der Waals surface area contributed by atoms with Crippen LogP contribution in [-0.4, -0.2) is 26.5 Å². The number of nitrogen functional groups attached to an aromatic ring is 1. The number of nitrogens with zero attached hydrogens (tertiary/aromatic N) is 1. The van der Waals surface area contributed by atoms with E-state index in [1.165, 1.54) is 12.4 Å². The van der Waals surface area contributed by atoms with Crippen LogP contribution in [0, 0.1) is 5.82 Å². The summed E-state index contributed by atoms with van der Waals surface area (Å²) in [4.78, 5) is 16.8. The molecule has 0 radical (unpaired) electrons. The van der Waals surface area contributed by atoms with Gasteiger partial charge in [0.2, 0.25) is 0 Å². The molecule has 0 bridgehead atoms. The van der Waals surface area contributed by atoms with Crippen LogP contribution in [-0.2, 0) is 6.54 Å². The molecule has 39 heavy (non-hydrogen) atoms. The molecule has 4 aromatic carbocycles. The van der Waals surface area contributed by atoms with E-state index in [0.717, 1.165) is 17.3 Å². The number of hydrogen-bond acceptors (Lipinski definition) is 7. The molecular formula is C29H28FN5O4. The second-order valence-corrected chi connectivity index (χ2v) is 8.32. The zero-order valence-corrected chi connectivity index (χ0v) is 21.4. The van der Waals surface area contributed by atoms with Gasteiger partial charge in [-0.25, -0.2) is 9.38 Å². The maximum atomic E-state index is 14.5. The first-order valence-corrected chi connectivity index (χ1v) is 11.9. The van der Waals surface area contributed by atoms with Gasteiger partial charge in [0.15, 0.2) is 23.1 Å². The van der Waals surface area contributed by atoms with E-state index >= 15 is 0 Å². The van der Waals surface area contributed by atoms with Gasteiger partial charge in [-0.2, -0.15) is 0 Å². The molecule has 0 spiro atoms. The molecule has 6 N–H and O–H groups in total. The molecule has 4 aromatic rings. The van der Waals surface area contributed by atoms with Crippen LogP contribution in [0.1, 0.15) is 15.9 Å². The smallest absolute Gasteiger partial charge is 0.255 e. The number of anilines is 3. The van der Waals surface area contributed by atoms with Gasteiger partial charge >= 0.3 is 0 Å². The van der Waals surface area contributed by atoms with Gasteiger partial charge in [-0.05, 0) is 54.1 Å². The fourth-order valence-electron chi connectivity index (χ4n) is 3.69. The molecule has 9 nitrogen and oxygen atoms in total. The quantitative estimate of drug-likeness (QED) is 0.118. The minimum Gasteiger partial charge on any atom is -0.493 e. The predicted octanol–water partition coefficient (Wildman–Crippen LogP) is 5.70. The number of hydrogen-bond donors (Lipinski definition) is 4. The summed E-state index contributed by atoms with van der Waals surface area (Å²) in [5, 5.41) is 6.03. The molecule has 0 aliphatic carbocycles. The molecule has 10 heteroatoms. The van der Waals surface area contributed by atoms with Crippen LogP contribution < -0.4 is 36.3 Å². The molecule has 0 atom stereocenters. The summed E-state index contributed by atoms with van der Waals surface area (Å²) in [7, 11) is 3.16. The highest BCUT2D eigenvalue weighted by Gasteiger charge is 2.14. The molecule has 0 heterocycles. The topological polar surface area (TPSA) is 133 Å². The van der Waals surface area contributed by atoms with Gasteiger partial charge in [-0.3, -0.25) is 4.79 Å². The van der Waals surface area contributed by atoms with E-state index in [1.807, 2.05) is 30.3 Å². The van der Waals surface area contributed by atoms with Gasteiger partial charge < -0.3 is 36.3 Å². The monoisotopic (exact) mass is 529 g/mol. The SMILES string of the molecule is COc1ccc(NCc2ccc(C(=O)Nc3cc(Oc4ccc(N=CN)cc4)c(F)cc3N)cc2)cc1OC. The molecule has 4 rings (SSSR count). The first-order chi connectivity index (χ1) is 18.9. The third kappa shape index (κ3) is 6.75. The maximum Gasteiger partial charge on any atom is 0.255 e. The van der Waals surface area contributed by atoms with Crippen molar-refractivity contribution in [3.05, 3.63) is 95.8 Å². The largest absolute Gasteiger partial charge is 0.493 e. The number of nitrogens with one attached hydrogen (secondary N) is 2. The summed E-state index contributed by atoms with van der Waals surface area (Å²) < 4.78 is 30.8. The molecule has 0 saturated carbocycles. The van der Waals surface area contributed by atoms with Crippen molar-refractivity contribution in [2.45, 2.75) is 6.54 Å². The Morgan fingerprint density at radius 2 is 1.64 bits per heavy atom. The highest BCUT2D eigenvalue weighted by molar-refractivity contribution is 6.05. The average Bonchev–Trinajstić information content (AvgIpc) is 2.95. The number of ether oxygens (including phenoxy) is 3. The van der Waals surface area contributed by atoms with E-state index < -0.39 is 11.7 Å². The number of amides is 1. The van der Waals surface area contributed by atoms with E-state index in [0.29, 0.717) is 35.0 Å². The molecule has 0 aromatic heterocycles. The molecule has 200 valence electrons. The lowest BCUT2D eigenvalue weighted by Gasteiger charge is -2.13.